The van der Waals surface area contributed by atoms with Crippen LogP contribution in [0, 0.1) is 0 Å². The standard InChI is InChI=1S/C21H19N5O3/c1-29-15-8-6-14(7-9-15)16-10-11-21(28)26(25-16)13-20(27)22-12-19-23-17-4-2-3-5-18(17)24-19/h2-11H,12-13H2,1H3,(H,22,27)(H,23,24). The molecule has 4 aromatic rings. The fraction of sp³-hybridized carbons (Fsp3) is 0.143. The van der Waals surface area contributed by atoms with E-state index in [0.717, 1.165) is 27.0 Å². The first kappa shape index (κ1) is 18.4. The molecule has 0 bridgehead atoms. The second kappa shape index (κ2) is 7.97. The summed E-state index contributed by atoms with van der Waals surface area (Å²) in [6, 6.07) is 18.0. The number of rotatable bonds is 6. The van der Waals surface area contributed by atoms with Gasteiger partial charge in [-0.2, -0.15) is 5.10 Å². The summed E-state index contributed by atoms with van der Waals surface area (Å²) in [5.41, 5.74) is 2.81. The molecule has 8 heteroatoms. The van der Waals surface area contributed by atoms with E-state index in [9.17, 15) is 9.59 Å². The van der Waals surface area contributed by atoms with Gasteiger partial charge in [-0.1, -0.05) is 12.1 Å². The molecule has 0 unspecified atom stereocenters. The van der Waals surface area contributed by atoms with Crippen molar-refractivity contribution in [3.05, 3.63) is 76.8 Å². The van der Waals surface area contributed by atoms with Crippen LogP contribution in [0.2, 0.25) is 0 Å². The fourth-order valence-corrected chi connectivity index (χ4v) is 2.94. The van der Waals surface area contributed by atoms with Gasteiger partial charge < -0.3 is 15.0 Å². The summed E-state index contributed by atoms with van der Waals surface area (Å²) < 4.78 is 6.29. The number of aromatic amines is 1. The molecular formula is C21H19N5O3. The fourth-order valence-electron chi connectivity index (χ4n) is 2.94. The molecule has 146 valence electrons. The molecule has 0 spiro atoms. The van der Waals surface area contributed by atoms with Crippen molar-refractivity contribution in [2.45, 2.75) is 13.1 Å². The van der Waals surface area contributed by atoms with Crippen molar-refractivity contribution in [3.8, 4) is 17.0 Å². The zero-order chi connectivity index (χ0) is 20.2. The molecule has 29 heavy (non-hydrogen) atoms. The maximum atomic E-state index is 12.3. The summed E-state index contributed by atoms with van der Waals surface area (Å²) in [6.45, 7) is 0.0590. The lowest BCUT2D eigenvalue weighted by Gasteiger charge is -2.08. The van der Waals surface area contributed by atoms with Crippen molar-refractivity contribution in [1.82, 2.24) is 25.1 Å². The van der Waals surface area contributed by atoms with Crippen LogP contribution in [-0.2, 0) is 17.9 Å². The number of para-hydroxylation sites is 2. The lowest BCUT2D eigenvalue weighted by molar-refractivity contribution is -0.122. The minimum absolute atomic E-state index is 0.178. The van der Waals surface area contributed by atoms with Gasteiger partial charge in [-0.15, -0.1) is 0 Å². The Morgan fingerprint density at radius 3 is 2.66 bits per heavy atom. The molecular weight excluding hydrogens is 370 g/mol. The Morgan fingerprint density at radius 1 is 1.10 bits per heavy atom. The van der Waals surface area contributed by atoms with E-state index in [2.05, 4.69) is 20.4 Å². The van der Waals surface area contributed by atoms with Gasteiger partial charge in [0, 0.05) is 11.6 Å². The van der Waals surface area contributed by atoms with Crippen LogP contribution in [0.15, 0.2) is 65.5 Å². The van der Waals surface area contributed by atoms with Gasteiger partial charge >= 0.3 is 0 Å². The molecule has 0 aliphatic carbocycles. The maximum Gasteiger partial charge on any atom is 0.267 e. The molecule has 2 N–H and O–H groups in total. The van der Waals surface area contributed by atoms with Crippen molar-refractivity contribution in [3.63, 3.8) is 0 Å². The third-order valence-electron chi connectivity index (χ3n) is 4.44. The van der Waals surface area contributed by atoms with Crippen LogP contribution < -0.4 is 15.6 Å². The molecule has 4 rings (SSSR count). The summed E-state index contributed by atoms with van der Waals surface area (Å²) in [5, 5.41) is 7.07. The summed E-state index contributed by atoms with van der Waals surface area (Å²) in [6.07, 6.45) is 0. The van der Waals surface area contributed by atoms with Crippen LogP contribution in [-0.4, -0.2) is 32.8 Å². The highest BCUT2D eigenvalue weighted by molar-refractivity contribution is 5.76. The number of amides is 1. The summed E-state index contributed by atoms with van der Waals surface area (Å²) in [5.74, 6) is 1.05. The average molecular weight is 389 g/mol. The molecule has 1 amide bonds. The van der Waals surface area contributed by atoms with Crippen LogP contribution in [0.1, 0.15) is 5.82 Å². The van der Waals surface area contributed by atoms with Crippen LogP contribution >= 0.6 is 0 Å². The van der Waals surface area contributed by atoms with E-state index in [1.165, 1.54) is 6.07 Å². The number of imidazole rings is 1. The molecule has 0 atom stereocenters. The number of nitrogens with one attached hydrogen (secondary N) is 2. The SMILES string of the molecule is COc1ccc(-c2ccc(=O)n(CC(=O)NCc3nc4ccccc4[nH]3)n2)cc1. The Bertz CT molecular complexity index is 1180. The largest absolute Gasteiger partial charge is 0.497 e. The molecule has 0 aliphatic rings. The molecule has 2 aromatic heterocycles. The number of carbonyl (C=O) groups excluding carboxylic acids is 1. The molecule has 0 radical (unpaired) electrons. The molecule has 0 aliphatic heterocycles. The number of aromatic nitrogens is 4. The second-order valence-electron chi connectivity index (χ2n) is 6.42. The van der Waals surface area contributed by atoms with Crippen molar-refractivity contribution in [1.29, 1.82) is 0 Å². The summed E-state index contributed by atoms with van der Waals surface area (Å²) in [7, 11) is 1.59. The van der Waals surface area contributed by atoms with Gasteiger partial charge in [0.2, 0.25) is 5.91 Å². The number of hydrogen-bond acceptors (Lipinski definition) is 5. The Kier molecular flexibility index (Phi) is 5.07. The Hall–Kier alpha value is -3.94. The Labute approximate surface area is 166 Å². The average Bonchev–Trinajstić information content (AvgIpc) is 3.17. The van der Waals surface area contributed by atoms with E-state index >= 15 is 0 Å². The van der Waals surface area contributed by atoms with Gasteiger partial charge in [0.25, 0.3) is 5.56 Å². The first-order valence-electron chi connectivity index (χ1n) is 9.05. The summed E-state index contributed by atoms with van der Waals surface area (Å²) >= 11 is 0. The number of nitrogens with zero attached hydrogens (tertiary/aromatic N) is 3. The van der Waals surface area contributed by atoms with Crippen molar-refractivity contribution < 1.29 is 9.53 Å². The van der Waals surface area contributed by atoms with Crippen molar-refractivity contribution in [2.24, 2.45) is 0 Å². The lowest BCUT2D eigenvalue weighted by Crippen LogP contribution is -2.33. The van der Waals surface area contributed by atoms with Gasteiger partial charge in [-0.05, 0) is 42.5 Å². The number of ether oxygens (including phenoxy) is 1. The van der Waals surface area contributed by atoms with Crippen molar-refractivity contribution in [2.75, 3.05) is 7.11 Å². The molecule has 2 heterocycles. The third-order valence-corrected chi connectivity index (χ3v) is 4.44. The van der Waals surface area contributed by atoms with E-state index in [1.807, 2.05) is 48.5 Å². The zero-order valence-electron chi connectivity index (χ0n) is 15.8. The van der Waals surface area contributed by atoms with Crippen LogP contribution in [0.25, 0.3) is 22.3 Å². The Morgan fingerprint density at radius 2 is 1.90 bits per heavy atom. The maximum absolute atomic E-state index is 12.3. The van der Waals surface area contributed by atoms with Gasteiger partial charge in [0.15, 0.2) is 0 Å². The Balaban J connectivity index is 1.45. The third kappa shape index (κ3) is 4.16. The summed E-state index contributed by atoms with van der Waals surface area (Å²) in [4.78, 5) is 32.0. The lowest BCUT2D eigenvalue weighted by atomic mass is 10.1. The molecule has 8 nitrogen and oxygen atoms in total. The second-order valence-corrected chi connectivity index (χ2v) is 6.42. The smallest absolute Gasteiger partial charge is 0.267 e. The number of carbonyl (C=O) groups is 1. The first-order chi connectivity index (χ1) is 14.1. The molecule has 2 aromatic carbocycles. The number of methoxy groups -OCH3 is 1. The minimum atomic E-state index is -0.346. The van der Waals surface area contributed by atoms with E-state index in [0.29, 0.717) is 11.5 Å². The van der Waals surface area contributed by atoms with Crippen LogP contribution in [0.4, 0.5) is 0 Å². The number of H-pyrrole nitrogens is 1. The quantitative estimate of drug-likeness (QED) is 0.526. The number of hydrogen-bond donors (Lipinski definition) is 2. The number of fused-ring (bicyclic) bond motifs is 1. The van der Waals surface area contributed by atoms with Gasteiger partial charge in [0.1, 0.15) is 18.1 Å². The highest BCUT2D eigenvalue weighted by atomic mass is 16.5. The topological polar surface area (TPSA) is 102 Å². The molecule has 0 fully saturated rings. The van der Waals surface area contributed by atoms with E-state index in [1.54, 1.807) is 13.2 Å². The zero-order valence-corrected chi connectivity index (χ0v) is 15.8. The van der Waals surface area contributed by atoms with Gasteiger partial charge in [-0.25, -0.2) is 9.67 Å². The monoisotopic (exact) mass is 389 g/mol. The molecule has 0 saturated carbocycles. The highest BCUT2D eigenvalue weighted by Gasteiger charge is 2.09. The van der Waals surface area contributed by atoms with Gasteiger partial charge in [0.05, 0.1) is 30.4 Å². The van der Waals surface area contributed by atoms with Gasteiger partial charge in [-0.3, -0.25) is 9.59 Å². The predicted octanol–water partition coefficient (Wildman–Crippen LogP) is 2.11. The first-order valence-corrected chi connectivity index (χ1v) is 9.05. The van der Waals surface area contributed by atoms with E-state index in [-0.39, 0.29) is 24.6 Å². The number of benzene rings is 2. The van der Waals surface area contributed by atoms with Crippen LogP contribution in [0.3, 0.4) is 0 Å². The molecule has 0 saturated heterocycles. The van der Waals surface area contributed by atoms with Crippen LogP contribution in [0.5, 0.6) is 5.75 Å². The minimum Gasteiger partial charge on any atom is -0.497 e. The van der Waals surface area contributed by atoms with Crippen molar-refractivity contribution >= 4 is 16.9 Å². The highest BCUT2D eigenvalue weighted by Crippen LogP contribution is 2.19. The normalized spacial score (nSPS) is 10.8. The van der Waals surface area contributed by atoms with E-state index < -0.39 is 0 Å². The van der Waals surface area contributed by atoms with E-state index in [4.69, 9.17) is 4.74 Å². The predicted molar refractivity (Wildman–Crippen MR) is 108 cm³/mol.